The lowest BCUT2D eigenvalue weighted by Crippen LogP contribution is -2.18. The molecule has 1 aromatic heterocycles. The largest absolute Gasteiger partial charge is 0.312 e. The number of hydrogen-bond acceptors (Lipinski definition) is 3. The predicted molar refractivity (Wildman–Crippen MR) is 73.5 cm³/mol. The van der Waals surface area contributed by atoms with Gasteiger partial charge < -0.3 is 5.32 Å². The Morgan fingerprint density at radius 3 is 2.47 bits per heavy atom. The molecule has 1 atom stereocenters. The fourth-order valence-corrected chi connectivity index (χ4v) is 3.08. The zero-order valence-electron chi connectivity index (χ0n) is 10.5. The topological polar surface area (TPSA) is 24.9 Å². The van der Waals surface area contributed by atoms with Crippen LogP contribution in [-0.2, 0) is 6.42 Å². The van der Waals surface area contributed by atoms with Crippen LogP contribution < -0.4 is 5.32 Å². The van der Waals surface area contributed by atoms with Crippen LogP contribution in [0.15, 0.2) is 30.3 Å². The Labute approximate surface area is 107 Å². The Hall–Kier alpha value is -1.19. The summed E-state index contributed by atoms with van der Waals surface area (Å²) >= 11 is 1.79. The van der Waals surface area contributed by atoms with Gasteiger partial charge in [0.1, 0.15) is 0 Å². The molecular formula is C14H18N2S. The highest BCUT2D eigenvalue weighted by Crippen LogP contribution is 2.27. The quantitative estimate of drug-likeness (QED) is 0.895. The highest BCUT2D eigenvalue weighted by molar-refractivity contribution is 7.11. The second-order valence-corrected chi connectivity index (χ2v) is 5.45. The number of benzene rings is 1. The predicted octanol–water partition coefficient (Wildman–Crippen LogP) is 3.26. The number of nitrogens with zero attached hydrogens (tertiary/aromatic N) is 1. The Morgan fingerprint density at radius 2 is 1.94 bits per heavy atom. The lowest BCUT2D eigenvalue weighted by Gasteiger charge is -2.15. The van der Waals surface area contributed by atoms with Gasteiger partial charge in [-0.3, -0.25) is 0 Å². The van der Waals surface area contributed by atoms with Crippen LogP contribution in [0.2, 0.25) is 0 Å². The van der Waals surface area contributed by atoms with Crippen molar-refractivity contribution in [2.24, 2.45) is 0 Å². The van der Waals surface area contributed by atoms with Gasteiger partial charge in [0, 0.05) is 10.9 Å². The maximum Gasteiger partial charge on any atom is 0.0900 e. The van der Waals surface area contributed by atoms with Crippen molar-refractivity contribution in [3.8, 4) is 0 Å². The smallest absolute Gasteiger partial charge is 0.0900 e. The van der Waals surface area contributed by atoms with E-state index >= 15 is 0 Å². The second kappa shape index (κ2) is 5.43. The van der Waals surface area contributed by atoms with Gasteiger partial charge in [0.15, 0.2) is 0 Å². The maximum atomic E-state index is 4.50. The minimum absolute atomic E-state index is 0.364. The fourth-order valence-electron chi connectivity index (χ4n) is 2.05. The van der Waals surface area contributed by atoms with E-state index in [1.807, 2.05) is 7.05 Å². The van der Waals surface area contributed by atoms with E-state index in [1.54, 1.807) is 11.3 Å². The van der Waals surface area contributed by atoms with E-state index in [1.165, 1.54) is 10.4 Å². The highest BCUT2D eigenvalue weighted by Gasteiger charge is 2.16. The maximum absolute atomic E-state index is 4.50. The first-order chi connectivity index (χ1) is 8.20. The first-order valence-corrected chi connectivity index (χ1v) is 6.67. The van der Waals surface area contributed by atoms with Gasteiger partial charge in [-0.25, -0.2) is 4.98 Å². The second-order valence-electron chi connectivity index (χ2n) is 4.21. The van der Waals surface area contributed by atoms with Gasteiger partial charge in [-0.15, -0.1) is 11.3 Å². The third-order valence-corrected chi connectivity index (χ3v) is 4.07. The zero-order valence-corrected chi connectivity index (χ0v) is 11.3. The van der Waals surface area contributed by atoms with Gasteiger partial charge in [-0.1, -0.05) is 30.3 Å². The molecule has 0 aliphatic rings. The van der Waals surface area contributed by atoms with Crippen LogP contribution in [0.3, 0.4) is 0 Å². The lowest BCUT2D eigenvalue weighted by atomic mass is 10.0. The van der Waals surface area contributed by atoms with E-state index in [-0.39, 0.29) is 0 Å². The number of hydrogen-bond donors (Lipinski definition) is 1. The van der Waals surface area contributed by atoms with Gasteiger partial charge in [-0.2, -0.15) is 0 Å². The average molecular weight is 246 g/mol. The number of nitrogens with one attached hydrogen (secondary N) is 1. The molecule has 0 aliphatic carbocycles. The van der Waals surface area contributed by atoms with Crippen molar-refractivity contribution in [2.45, 2.75) is 26.3 Å². The van der Waals surface area contributed by atoms with E-state index in [4.69, 9.17) is 0 Å². The molecule has 0 amide bonds. The molecule has 1 unspecified atom stereocenters. The Bertz CT molecular complexity index is 476. The first-order valence-electron chi connectivity index (χ1n) is 5.86. The van der Waals surface area contributed by atoms with E-state index in [0.717, 1.165) is 17.1 Å². The average Bonchev–Trinajstić information content (AvgIpc) is 2.67. The molecule has 0 saturated heterocycles. The molecule has 90 valence electrons. The van der Waals surface area contributed by atoms with Gasteiger partial charge in [0.05, 0.1) is 10.7 Å². The Morgan fingerprint density at radius 1 is 1.24 bits per heavy atom. The summed E-state index contributed by atoms with van der Waals surface area (Å²) in [5, 5.41) is 4.54. The van der Waals surface area contributed by atoms with E-state index in [2.05, 4.69) is 54.5 Å². The van der Waals surface area contributed by atoms with Crippen molar-refractivity contribution < 1.29 is 0 Å². The first kappa shape index (κ1) is 12.3. The van der Waals surface area contributed by atoms with Crippen LogP contribution in [0.1, 0.15) is 27.2 Å². The molecule has 1 aromatic carbocycles. The van der Waals surface area contributed by atoms with Gasteiger partial charge in [0.2, 0.25) is 0 Å². The number of likely N-dealkylation sites (N-methyl/N-ethyl adjacent to an activating group) is 1. The fraction of sp³-hybridized carbons (Fsp3) is 0.357. The summed E-state index contributed by atoms with van der Waals surface area (Å²) in [5.41, 5.74) is 2.51. The molecule has 17 heavy (non-hydrogen) atoms. The normalized spacial score (nSPS) is 12.6. The van der Waals surface area contributed by atoms with Crippen LogP contribution in [0.5, 0.6) is 0 Å². The van der Waals surface area contributed by atoms with Crippen LogP contribution >= 0.6 is 11.3 Å². The van der Waals surface area contributed by atoms with Gasteiger partial charge in [-0.05, 0) is 32.9 Å². The number of aryl methyl sites for hydroxylation is 2. The molecule has 2 nitrogen and oxygen atoms in total. The number of rotatable bonds is 4. The number of aromatic nitrogens is 1. The standard InChI is InChI=1S/C14H18N2S/c1-10-14(17-11(2)16-10)13(15-3)9-12-7-5-4-6-8-12/h4-8,13,15H,9H2,1-3H3. The molecule has 0 radical (unpaired) electrons. The molecule has 0 aliphatic heterocycles. The van der Waals surface area contributed by atoms with E-state index in [9.17, 15) is 0 Å². The summed E-state index contributed by atoms with van der Waals surface area (Å²) in [7, 11) is 2.02. The molecule has 1 heterocycles. The summed E-state index contributed by atoms with van der Waals surface area (Å²) in [5.74, 6) is 0. The summed E-state index contributed by atoms with van der Waals surface area (Å²) in [6.07, 6.45) is 1.01. The van der Waals surface area contributed by atoms with Crippen LogP contribution in [0.25, 0.3) is 0 Å². The highest BCUT2D eigenvalue weighted by atomic mass is 32.1. The van der Waals surface area contributed by atoms with Crippen molar-refractivity contribution in [1.82, 2.24) is 10.3 Å². The van der Waals surface area contributed by atoms with Crippen molar-refractivity contribution in [1.29, 1.82) is 0 Å². The molecular weight excluding hydrogens is 228 g/mol. The lowest BCUT2D eigenvalue weighted by molar-refractivity contribution is 0.598. The summed E-state index contributed by atoms with van der Waals surface area (Å²) in [4.78, 5) is 5.86. The van der Waals surface area contributed by atoms with Crippen molar-refractivity contribution >= 4 is 11.3 Å². The monoisotopic (exact) mass is 246 g/mol. The van der Waals surface area contributed by atoms with Crippen LogP contribution in [0.4, 0.5) is 0 Å². The van der Waals surface area contributed by atoms with Crippen molar-refractivity contribution in [3.05, 3.63) is 51.5 Å². The minimum atomic E-state index is 0.364. The van der Waals surface area contributed by atoms with Crippen molar-refractivity contribution in [2.75, 3.05) is 7.05 Å². The van der Waals surface area contributed by atoms with E-state index < -0.39 is 0 Å². The molecule has 3 heteroatoms. The molecule has 0 bridgehead atoms. The third-order valence-electron chi connectivity index (χ3n) is 2.89. The third kappa shape index (κ3) is 2.93. The molecule has 1 N–H and O–H groups in total. The molecule has 0 spiro atoms. The Kier molecular flexibility index (Phi) is 3.92. The van der Waals surface area contributed by atoms with E-state index in [0.29, 0.717) is 6.04 Å². The summed E-state index contributed by atoms with van der Waals surface area (Å²) in [6.45, 7) is 4.16. The van der Waals surface area contributed by atoms with Crippen LogP contribution in [-0.4, -0.2) is 12.0 Å². The summed E-state index contributed by atoms with van der Waals surface area (Å²) < 4.78 is 0. The van der Waals surface area contributed by atoms with Gasteiger partial charge in [0.25, 0.3) is 0 Å². The van der Waals surface area contributed by atoms with Crippen LogP contribution in [0, 0.1) is 13.8 Å². The van der Waals surface area contributed by atoms with Gasteiger partial charge >= 0.3 is 0 Å². The molecule has 2 rings (SSSR count). The van der Waals surface area contributed by atoms with Crippen molar-refractivity contribution in [3.63, 3.8) is 0 Å². The zero-order chi connectivity index (χ0) is 12.3. The number of thiazole rings is 1. The minimum Gasteiger partial charge on any atom is -0.312 e. The summed E-state index contributed by atoms with van der Waals surface area (Å²) in [6, 6.07) is 10.9. The molecule has 2 aromatic rings. The Balaban J connectivity index is 2.20. The SMILES string of the molecule is CNC(Cc1ccccc1)c1sc(C)nc1C. The molecule has 0 saturated carbocycles. The molecule has 0 fully saturated rings.